The SMILES string of the molecule is CC1(C)CN(CCCC(=O)O)c2ccccc2N1. The normalized spacial score (nSPS) is 16.9. The van der Waals surface area contributed by atoms with Crippen LogP contribution in [0.4, 0.5) is 11.4 Å². The van der Waals surface area contributed by atoms with Crippen molar-refractivity contribution in [1.82, 2.24) is 0 Å². The number of rotatable bonds is 4. The van der Waals surface area contributed by atoms with E-state index >= 15 is 0 Å². The lowest BCUT2D eigenvalue weighted by Crippen LogP contribution is -2.48. The second kappa shape index (κ2) is 4.88. The van der Waals surface area contributed by atoms with Crippen molar-refractivity contribution >= 4 is 17.3 Å². The van der Waals surface area contributed by atoms with Crippen LogP contribution in [0.15, 0.2) is 24.3 Å². The van der Waals surface area contributed by atoms with Crippen molar-refractivity contribution in [1.29, 1.82) is 0 Å². The highest BCUT2D eigenvalue weighted by molar-refractivity contribution is 5.73. The number of carboxylic acids is 1. The predicted octanol–water partition coefficient (Wildman–Crippen LogP) is 2.56. The van der Waals surface area contributed by atoms with Gasteiger partial charge in [-0.25, -0.2) is 0 Å². The number of anilines is 2. The summed E-state index contributed by atoms with van der Waals surface area (Å²) in [5.41, 5.74) is 2.31. The van der Waals surface area contributed by atoms with Gasteiger partial charge in [0.05, 0.1) is 11.4 Å². The van der Waals surface area contributed by atoms with Gasteiger partial charge in [-0.1, -0.05) is 12.1 Å². The molecule has 4 heteroatoms. The molecule has 1 aromatic rings. The topological polar surface area (TPSA) is 52.6 Å². The van der Waals surface area contributed by atoms with E-state index in [2.05, 4.69) is 36.2 Å². The lowest BCUT2D eigenvalue weighted by molar-refractivity contribution is -0.137. The number of nitrogens with zero attached hydrogens (tertiary/aromatic N) is 1. The fourth-order valence-corrected chi connectivity index (χ4v) is 2.44. The molecule has 4 nitrogen and oxygen atoms in total. The number of carboxylic acid groups (broad SMARTS) is 1. The Hall–Kier alpha value is -1.71. The third kappa shape index (κ3) is 2.94. The van der Waals surface area contributed by atoms with Crippen molar-refractivity contribution in [3.05, 3.63) is 24.3 Å². The molecule has 0 aromatic heterocycles. The lowest BCUT2D eigenvalue weighted by Gasteiger charge is -2.42. The maximum absolute atomic E-state index is 10.6. The first-order chi connectivity index (χ1) is 8.48. The van der Waals surface area contributed by atoms with E-state index in [9.17, 15) is 4.79 Å². The number of nitrogens with one attached hydrogen (secondary N) is 1. The van der Waals surface area contributed by atoms with Crippen LogP contribution in [0.2, 0.25) is 0 Å². The molecule has 1 aromatic carbocycles. The van der Waals surface area contributed by atoms with Gasteiger partial charge in [0.2, 0.25) is 0 Å². The molecule has 0 amide bonds. The lowest BCUT2D eigenvalue weighted by atomic mass is 9.99. The summed E-state index contributed by atoms with van der Waals surface area (Å²) in [5.74, 6) is -0.724. The Morgan fingerprint density at radius 2 is 2.17 bits per heavy atom. The second-order valence-electron chi connectivity index (χ2n) is 5.44. The molecule has 18 heavy (non-hydrogen) atoms. The molecule has 0 radical (unpaired) electrons. The maximum Gasteiger partial charge on any atom is 0.303 e. The van der Waals surface area contributed by atoms with E-state index in [0.717, 1.165) is 18.8 Å². The molecule has 0 fully saturated rings. The summed E-state index contributed by atoms with van der Waals surface area (Å²) in [5, 5.41) is 12.2. The van der Waals surface area contributed by atoms with Crippen molar-refractivity contribution < 1.29 is 9.90 Å². The maximum atomic E-state index is 10.6. The largest absolute Gasteiger partial charge is 0.481 e. The number of fused-ring (bicyclic) bond motifs is 1. The molecule has 0 spiro atoms. The standard InChI is InChI=1S/C14H20N2O2/c1-14(2)10-16(9-5-8-13(17)18)12-7-4-3-6-11(12)15-14/h3-4,6-7,15H,5,8-10H2,1-2H3,(H,17,18). The zero-order valence-corrected chi connectivity index (χ0v) is 10.9. The van der Waals surface area contributed by atoms with Crippen LogP contribution in [0.3, 0.4) is 0 Å². The zero-order valence-electron chi connectivity index (χ0n) is 10.9. The van der Waals surface area contributed by atoms with Gasteiger partial charge in [0.25, 0.3) is 0 Å². The number of aliphatic carboxylic acids is 1. The summed E-state index contributed by atoms with van der Waals surface area (Å²) in [6.07, 6.45) is 0.909. The van der Waals surface area contributed by atoms with Crippen molar-refractivity contribution in [2.45, 2.75) is 32.2 Å². The molecular formula is C14H20N2O2. The first-order valence-corrected chi connectivity index (χ1v) is 6.32. The van der Waals surface area contributed by atoms with Gasteiger partial charge in [0.1, 0.15) is 0 Å². The summed E-state index contributed by atoms with van der Waals surface area (Å²) in [7, 11) is 0. The van der Waals surface area contributed by atoms with Crippen LogP contribution in [0.25, 0.3) is 0 Å². The number of hydrogen-bond acceptors (Lipinski definition) is 3. The average Bonchev–Trinajstić information content (AvgIpc) is 2.27. The van der Waals surface area contributed by atoms with E-state index in [-0.39, 0.29) is 12.0 Å². The molecule has 1 aliphatic heterocycles. The first kappa shape index (κ1) is 12.7. The van der Waals surface area contributed by atoms with E-state index in [1.54, 1.807) is 0 Å². The Morgan fingerprint density at radius 3 is 2.89 bits per heavy atom. The van der Waals surface area contributed by atoms with Gasteiger partial charge in [-0.15, -0.1) is 0 Å². The molecule has 2 N–H and O–H groups in total. The summed E-state index contributed by atoms with van der Waals surface area (Å²) >= 11 is 0. The number of carbonyl (C=O) groups is 1. The van der Waals surface area contributed by atoms with Crippen LogP contribution in [0.1, 0.15) is 26.7 Å². The molecule has 2 rings (SSSR count). The van der Waals surface area contributed by atoms with Crippen molar-refractivity contribution in [3.63, 3.8) is 0 Å². The van der Waals surface area contributed by atoms with Crippen LogP contribution in [0, 0.1) is 0 Å². The smallest absolute Gasteiger partial charge is 0.303 e. The monoisotopic (exact) mass is 248 g/mol. The fraction of sp³-hybridized carbons (Fsp3) is 0.500. The Bertz CT molecular complexity index is 443. The highest BCUT2D eigenvalue weighted by Gasteiger charge is 2.28. The van der Waals surface area contributed by atoms with E-state index in [4.69, 9.17) is 5.11 Å². The highest BCUT2D eigenvalue weighted by Crippen LogP contribution is 2.34. The molecule has 0 aliphatic carbocycles. The second-order valence-corrected chi connectivity index (χ2v) is 5.44. The van der Waals surface area contributed by atoms with Gasteiger partial charge in [-0.3, -0.25) is 4.79 Å². The van der Waals surface area contributed by atoms with Gasteiger partial charge in [0.15, 0.2) is 0 Å². The molecule has 98 valence electrons. The quantitative estimate of drug-likeness (QED) is 0.860. The Kier molecular flexibility index (Phi) is 3.45. The minimum Gasteiger partial charge on any atom is -0.481 e. The Morgan fingerprint density at radius 1 is 1.44 bits per heavy atom. The molecule has 0 bridgehead atoms. The minimum atomic E-state index is -0.724. The molecule has 0 saturated heterocycles. The molecule has 0 saturated carbocycles. The van der Waals surface area contributed by atoms with Crippen LogP contribution in [-0.4, -0.2) is 29.7 Å². The van der Waals surface area contributed by atoms with Gasteiger partial charge < -0.3 is 15.3 Å². The Labute approximate surface area is 108 Å². The number of hydrogen-bond donors (Lipinski definition) is 2. The van der Waals surface area contributed by atoms with Crippen LogP contribution in [0.5, 0.6) is 0 Å². The van der Waals surface area contributed by atoms with Crippen LogP contribution < -0.4 is 10.2 Å². The molecular weight excluding hydrogens is 228 g/mol. The summed E-state index contributed by atoms with van der Waals surface area (Å²) in [6.45, 7) is 6.00. The Balaban J connectivity index is 2.12. The molecule has 1 heterocycles. The number of benzene rings is 1. The third-order valence-electron chi connectivity index (χ3n) is 3.12. The number of para-hydroxylation sites is 2. The first-order valence-electron chi connectivity index (χ1n) is 6.32. The summed E-state index contributed by atoms with van der Waals surface area (Å²) in [4.78, 5) is 12.9. The summed E-state index contributed by atoms with van der Waals surface area (Å²) < 4.78 is 0. The minimum absolute atomic E-state index is 0.0115. The molecule has 0 unspecified atom stereocenters. The van der Waals surface area contributed by atoms with E-state index in [1.807, 2.05) is 12.1 Å². The van der Waals surface area contributed by atoms with E-state index in [1.165, 1.54) is 5.69 Å². The van der Waals surface area contributed by atoms with Crippen molar-refractivity contribution in [2.75, 3.05) is 23.3 Å². The highest BCUT2D eigenvalue weighted by atomic mass is 16.4. The third-order valence-corrected chi connectivity index (χ3v) is 3.12. The molecule has 0 atom stereocenters. The van der Waals surface area contributed by atoms with E-state index < -0.39 is 5.97 Å². The average molecular weight is 248 g/mol. The predicted molar refractivity (Wildman–Crippen MR) is 73.2 cm³/mol. The fourth-order valence-electron chi connectivity index (χ4n) is 2.44. The molecule has 1 aliphatic rings. The zero-order chi connectivity index (χ0) is 13.2. The van der Waals surface area contributed by atoms with Crippen molar-refractivity contribution in [3.8, 4) is 0 Å². The van der Waals surface area contributed by atoms with E-state index in [0.29, 0.717) is 6.42 Å². The van der Waals surface area contributed by atoms with Gasteiger partial charge in [-0.05, 0) is 32.4 Å². The van der Waals surface area contributed by atoms with Crippen LogP contribution in [-0.2, 0) is 4.79 Å². The van der Waals surface area contributed by atoms with Gasteiger partial charge in [0, 0.05) is 25.0 Å². The van der Waals surface area contributed by atoms with Gasteiger partial charge in [-0.2, -0.15) is 0 Å². The van der Waals surface area contributed by atoms with Crippen LogP contribution >= 0.6 is 0 Å². The van der Waals surface area contributed by atoms with Crippen molar-refractivity contribution in [2.24, 2.45) is 0 Å². The van der Waals surface area contributed by atoms with Gasteiger partial charge >= 0.3 is 5.97 Å². The summed E-state index contributed by atoms with van der Waals surface area (Å²) in [6, 6.07) is 8.18.